The quantitative estimate of drug-likeness (QED) is 0.601. The van der Waals surface area contributed by atoms with E-state index in [9.17, 15) is 4.39 Å². The summed E-state index contributed by atoms with van der Waals surface area (Å²) in [4.78, 5) is 10.7. The normalized spacial score (nSPS) is 11.2. The van der Waals surface area contributed by atoms with Crippen LogP contribution in [0.3, 0.4) is 0 Å². The molecule has 0 fully saturated rings. The molecule has 25 heavy (non-hydrogen) atoms. The highest BCUT2D eigenvalue weighted by Crippen LogP contribution is 2.31. The molecule has 0 radical (unpaired) electrons. The fourth-order valence-electron chi connectivity index (χ4n) is 2.58. The first-order valence-electron chi connectivity index (χ1n) is 7.52. The van der Waals surface area contributed by atoms with Crippen molar-refractivity contribution in [3.05, 3.63) is 45.5 Å². The van der Waals surface area contributed by atoms with Gasteiger partial charge in [0.25, 0.3) is 0 Å². The summed E-state index contributed by atoms with van der Waals surface area (Å²) in [5.74, 6) is 0.346. The molecule has 1 aromatic carbocycles. The average molecular weight is 429 g/mol. The summed E-state index contributed by atoms with van der Waals surface area (Å²) in [7, 11) is 3.46. The van der Waals surface area contributed by atoms with Gasteiger partial charge in [-0.05, 0) is 33.6 Å². The summed E-state index contributed by atoms with van der Waals surface area (Å²) in [5.41, 5.74) is 1.51. The van der Waals surface area contributed by atoms with Crippen LogP contribution < -0.4 is 4.90 Å². The van der Waals surface area contributed by atoms with Gasteiger partial charge in [0.15, 0.2) is 5.65 Å². The van der Waals surface area contributed by atoms with Crippen LogP contribution in [0.5, 0.6) is 0 Å². The second-order valence-corrected chi connectivity index (χ2v) is 6.62. The Balaban J connectivity index is 2.04. The first-order chi connectivity index (χ1) is 12.0. The van der Waals surface area contributed by atoms with Crippen LogP contribution in [0.4, 0.5) is 10.2 Å². The number of halogens is 3. The maximum absolute atomic E-state index is 13.3. The highest BCUT2D eigenvalue weighted by Gasteiger charge is 2.19. The lowest BCUT2D eigenvalue weighted by molar-refractivity contribution is 0.205. The Morgan fingerprint density at radius 3 is 2.88 bits per heavy atom. The Kier molecular flexibility index (Phi) is 5.51. The molecule has 0 amide bonds. The van der Waals surface area contributed by atoms with Crippen LogP contribution in [-0.4, -0.2) is 40.0 Å². The van der Waals surface area contributed by atoms with Gasteiger partial charge in [0, 0.05) is 32.3 Å². The molecule has 0 aliphatic heterocycles. The monoisotopic (exact) mass is 427 g/mol. The van der Waals surface area contributed by atoms with Crippen molar-refractivity contribution in [2.24, 2.45) is 7.05 Å². The zero-order valence-corrected chi connectivity index (χ0v) is 16.1. The van der Waals surface area contributed by atoms with Gasteiger partial charge in [0.05, 0.1) is 12.0 Å². The summed E-state index contributed by atoms with van der Waals surface area (Å²) >= 11 is 9.66. The van der Waals surface area contributed by atoms with Crippen molar-refractivity contribution in [3.8, 4) is 0 Å². The summed E-state index contributed by atoms with van der Waals surface area (Å²) in [5, 5.41) is 5.53. The molecular weight excluding hydrogens is 413 g/mol. The van der Waals surface area contributed by atoms with Crippen molar-refractivity contribution in [1.29, 1.82) is 0 Å². The van der Waals surface area contributed by atoms with Gasteiger partial charge in [-0.25, -0.2) is 19.0 Å². The van der Waals surface area contributed by atoms with Crippen molar-refractivity contribution < 1.29 is 9.13 Å². The molecule has 0 aliphatic carbocycles. The maximum Gasteiger partial charge on any atom is 0.164 e. The van der Waals surface area contributed by atoms with Gasteiger partial charge in [-0.2, -0.15) is 5.10 Å². The lowest BCUT2D eigenvalue weighted by Crippen LogP contribution is -2.28. The van der Waals surface area contributed by atoms with Gasteiger partial charge in [0.1, 0.15) is 22.6 Å². The molecule has 2 aromatic heterocycles. The molecule has 0 bridgehead atoms. The number of aryl methyl sites for hydroxylation is 1. The molecule has 0 unspecified atom stereocenters. The smallest absolute Gasteiger partial charge is 0.164 e. The summed E-state index contributed by atoms with van der Waals surface area (Å²) < 4.78 is 20.9. The first-order valence-corrected chi connectivity index (χ1v) is 8.69. The van der Waals surface area contributed by atoms with Crippen LogP contribution >= 0.6 is 27.5 Å². The van der Waals surface area contributed by atoms with Crippen molar-refractivity contribution in [2.45, 2.75) is 6.54 Å². The molecular formula is C16H16BrClFN5O. The van der Waals surface area contributed by atoms with Gasteiger partial charge in [-0.15, -0.1) is 0 Å². The molecule has 0 saturated heterocycles. The standard InChI is InChI=1S/C16H16BrClFN5O/c1-23-15-13(14(17)22-23)16(21-9-20-15)24(5-6-25-2)8-10-3-4-11(19)7-12(10)18/h3-4,7,9H,5-6,8H2,1-2H3. The van der Waals surface area contributed by atoms with Crippen molar-refractivity contribution in [3.63, 3.8) is 0 Å². The van der Waals surface area contributed by atoms with Gasteiger partial charge in [-0.1, -0.05) is 17.7 Å². The zero-order valence-electron chi connectivity index (χ0n) is 13.7. The minimum atomic E-state index is -0.364. The van der Waals surface area contributed by atoms with Crippen LogP contribution in [0.2, 0.25) is 5.02 Å². The van der Waals surface area contributed by atoms with E-state index < -0.39 is 0 Å². The highest BCUT2D eigenvalue weighted by molar-refractivity contribution is 9.10. The van der Waals surface area contributed by atoms with Gasteiger partial charge >= 0.3 is 0 Å². The molecule has 0 atom stereocenters. The molecule has 0 N–H and O–H groups in total. The third-order valence-corrected chi connectivity index (χ3v) is 4.71. The Bertz CT molecular complexity index is 904. The molecule has 132 valence electrons. The number of anilines is 1. The van der Waals surface area contributed by atoms with Crippen LogP contribution in [0.25, 0.3) is 11.0 Å². The van der Waals surface area contributed by atoms with E-state index in [0.717, 1.165) is 10.9 Å². The van der Waals surface area contributed by atoms with Gasteiger partial charge in [-0.3, -0.25) is 0 Å². The first kappa shape index (κ1) is 18.0. The van der Waals surface area contributed by atoms with E-state index in [1.54, 1.807) is 17.9 Å². The van der Waals surface area contributed by atoms with Crippen LogP contribution in [-0.2, 0) is 18.3 Å². The molecule has 0 spiro atoms. The molecule has 9 heteroatoms. The zero-order chi connectivity index (χ0) is 18.0. The van der Waals surface area contributed by atoms with Crippen LogP contribution in [0.15, 0.2) is 29.1 Å². The number of rotatable bonds is 6. The van der Waals surface area contributed by atoms with E-state index in [0.29, 0.717) is 40.8 Å². The predicted octanol–water partition coefficient (Wildman–Crippen LogP) is 3.57. The maximum atomic E-state index is 13.3. The minimum Gasteiger partial charge on any atom is -0.383 e. The molecule has 3 rings (SSSR count). The van der Waals surface area contributed by atoms with Gasteiger partial charge < -0.3 is 9.64 Å². The number of nitrogens with zero attached hydrogens (tertiary/aromatic N) is 5. The van der Waals surface area contributed by atoms with Gasteiger partial charge in [0.2, 0.25) is 0 Å². The third kappa shape index (κ3) is 3.75. The lowest BCUT2D eigenvalue weighted by atomic mass is 10.2. The Labute approximate surface area is 157 Å². The number of aromatic nitrogens is 4. The average Bonchev–Trinajstić information content (AvgIpc) is 2.88. The Morgan fingerprint density at radius 1 is 1.36 bits per heavy atom. The van der Waals surface area contributed by atoms with Crippen molar-refractivity contribution >= 4 is 44.4 Å². The van der Waals surface area contributed by atoms with E-state index in [1.165, 1.54) is 18.5 Å². The summed E-state index contributed by atoms with van der Waals surface area (Å²) in [6.45, 7) is 1.54. The van der Waals surface area contributed by atoms with Crippen LogP contribution in [0, 0.1) is 5.82 Å². The number of methoxy groups -OCH3 is 1. The number of hydrogen-bond donors (Lipinski definition) is 0. The SMILES string of the molecule is COCCN(Cc1ccc(F)cc1Cl)c1ncnc2c1c(Br)nn2C. The largest absolute Gasteiger partial charge is 0.383 e. The predicted molar refractivity (Wildman–Crippen MR) is 98.3 cm³/mol. The number of hydrogen-bond acceptors (Lipinski definition) is 5. The second-order valence-electron chi connectivity index (χ2n) is 5.46. The third-order valence-electron chi connectivity index (χ3n) is 3.80. The van der Waals surface area contributed by atoms with Crippen molar-refractivity contribution in [1.82, 2.24) is 19.7 Å². The Hall–Kier alpha value is -1.77. The number of fused-ring (bicyclic) bond motifs is 1. The fourth-order valence-corrected chi connectivity index (χ4v) is 3.40. The highest BCUT2D eigenvalue weighted by atomic mass is 79.9. The van der Waals surface area contributed by atoms with E-state index >= 15 is 0 Å². The Morgan fingerprint density at radius 2 is 2.16 bits per heavy atom. The van der Waals surface area contributed by atoms with Crippen LogP contribution in [0.1, 0.15) is 5.56 Å². The van der Waals surface area contributed by atoms with Crippen molar-refractivity contribution in [2.75, 3.05) is 25.2 Å². The fraction of sp³-hybridized carbons (Fsp3) is 0.312. The topological polar surface area (TPSA) is 56.1 Å². The minimum absolute atomic E-state index is 0.364. The number of ether oxygens (including phenoxy) is 1. The van der Waals surface area contributed by atoms with E-state index in [1.807, 2.05) is 11.9 Å². The summed E-state index contributed by atoms with van der Waals surface area (Å²) in [6, 6.07) is 4.38. The van der Waals surface area contributed by atoms with E-state index in [4.69, 9.17) is 16.3 Å². The molecule has 0 saturated carbocycles. The molecule has 3 aromatic rings. The van der Waals surface area contributed by atoms with E-state index in [2.05, 4.69) is 31.0 Å². The number of benzene rings is 1. The molecule has 0 aliphatic rings. The molecule has 6 nitrogen and oxygen atoms in total. The second kappa shape index (κ2) is 7.63. The van der Waals surface area contributed by atoms with E-state index in [-0.39, 0.29) is 5.82 Å². The lowest BCUT2D eigenvalue weighted by Gasteiger charge is -2.24. The molecule has 2 heterocycles. The summed E-state index contributed by atoms with van der Waals surface area (Å²) in [6.07, 6.45) is 1.50.